The molecule has 0 saturated heterocycles. The number of aromatic nitrogens is 2. The molecule has 5 rings (SSSR count). The number of carboxylic acids is 1. The molecule has 1 N–H and O–H groups in total. The summed E-state index contributed by atoms with van der Waals surface area (Å²) in [5.74, 6) is -0.250. The van der Waals surface area contributed by atoms with E-state index in [0.29, 0.717) is 33.7 Å². The van der Waals surface area contributed by atoms with Crippen molar-refractivity contribution >= 4 is 41.3 Å². The highest BCUT2D eigenvalue weighted by molar-refractivity contribution is 6.36. The van der Waals surface area contributed by atoms with Crippen LogP contribution in [0.1, 0.15) is 32.9 Å². The predicted molar refractivity (Wildman–Crippen MR) is 156 cm³/mol. The maximum atomic E-state index is 11.2. The molecule has 0 unspecified atom stereocenters. The molecule has 5 nitrogen and oxygen atoms in total. The summed E-state index contributed by atoms with van der Waals surface area (Å²) in [5, 5.41) is 19.4. The lowest BCUT2D eigenvalue weighted by Gasteiger charge is -2.06. The van der Waals surface area contributed by atoms with Gasteiger partial charge in [-0.1, -0.05) is 77.8 Å². The van der Waals surface area contributed by atoms with Crippen molar-refractivity contribution in [1.82, 2.24) is 9.55 Å². The molecular formula is C32H21Cl2N3O2. The van der Waals surface area contributed by atoms with E-state index in [4.69, 9.17) is 28.2 Å². The molecule has 5 aromatic rings. The van der Waals surface area contributed by atoms with E-state index >= 15 is 0 Å². The summed E-state index contributed by atoms with van der Waals surface area (Å²) >= 11 is 12.6. The molecule has 0 aliphatic carbocycles. The van der Waals surface area contributed by atoms with Crippen molar-refractivity contribution in [2.45, 2.75) is 6.54 Å². The van der Waals surface area contributed by atoms with E-state index in [2.05, 4.69) is 6.07 Å². The van der Waals surface area contributed by atoms with Gasteiger partial charge in [-0.25, -0.2) is 9.78 Å². The number of halogens is 2. The average molecular weight is 550 g/mol. The molecule has 0 fully saturated rings. The summed E-state index contributed by atoms with van der Waals surface area (Å²) in [7, 11) is 0. The Bertz CT molecular complexity index is 1730. The zero-order valence-electron chi connectivity index (χ0n) is 20.6. The summed E-state index contributed by atoms with van der Waals surface area (Å²) in [6.45, 7) is 0.492. The van der Waals surface area contributed by atoms with E-state index in [1.807, 2.05) is 71.4 Å². The number of hydrogen-bond donors (Lipinski definition) is 1. The van der Waals surface area contributed by atoms with Gasteiger partial charge in [-0.05, 0) is 70.8 Å². The van der Waals surface area contributed by atoms with Crippen molar-refractivity contribution in [3.05, 3.63) is 135 Å². The van der Waals surface area contributed by atoms with Crippen LogP contribution in [-0.4, -0.2) is 20.6 Å². The fourth-order valence-electron chi connectivity index (χ4n) is 4.19. The van der Waals surface area contributed by atoms with Crippen LogP contribution in [0.5, 0.6) is 0 Å². The molecule has 1 heterocycles. The topological polar surface area (TPSA) is 78.9 Å². The Balaban J connectivity index is 1.45. The maximum absolute atomic E-state index is 11.2. The number of imidazole rings is 1. The van der Waals surface area contributed by atoms with Gasteiger partial charge in [-0.15, -0.1) is 0 Å². The van der Waals surface area contributed by atoms with Crippen LogP contribution in [0, 0.1) is 11.3 Å². The Morgan fingerprint density at radius 1 is 0.923 bits per heavy atom. The maximum Gasteiger partial charge on any atom is 0.335 e. The second-order valence-electron chi connectivity index (χ2n) is 8.89. The second kappa shape index (κ2) is 11.4. The molecule has 1 aromatic heterocycles. The Hall–Kier alpha value is -4.63. The van der Waals surface area contributed by atoms with Gasteiger partial charge >= 0.3 is 5.97 Å². The first-order valence-corrected chi connectivity index (χ1v) is 12.8. The molecule has 0 aliphatic rings. The van der Waals surface area contributed by atoms with E-state index < -0.39 is 5.97 Å². The zero-order valence-corrected chi connectivity index (χ0v) is 22.1. The fourth-order valence-corrected chi connectivity index (χ4v) is 4.70. The highest BCUT2D eigenvalue weighted by Gasteiger charge is 2.12. The smallest absolute Gasteiger partial charge is 0.335 e. The molecule has 4 aromatic carbocycles. The van der Waals surface area contributed by atoms with Crippen LogP contribution in [0.15, 0.2) is 97.2 Å². The summed E-state index contributed by atoms with van der Waals surface area (Å²) in [6, 6.07) is 29.8. The number of benzene rings is 4. The average Bonchev–Trinajstić information content (AvgIpc) is 3.34. The lowest BCUT2D eigenvalue weighted by molar-refractivity contribution is 0.0697. The molecule has 0 amide bonds. The van der Waals surface area contributed by atoms with Crippen molar-refractivity contribution < 1.29 is 9.90 Å². The van der Waals surface area contributed by atoms with E-state index in [-0.39, 0.29) is 5.56 Å². The number of nitriles is 1. The first-order chi connectivity index (χ1) is 18.9. The van der Waals surface area contributed by atoms with Crippen molar-refractivity contribution in [3.8, 4) is 28.5 Å². The monoisotopic (exact) mass is 549 g/mol. The van der Waals surface area contributed by atoms with Crippen LogP contribution in [0.2, 0.25) is 10.0 Å². The fraction of sp³-hybridized carbons (Fsp3) is 0.0312. The van der Waals surface area contributed by atoms with Gasteiger partial charge in [0, 0.05) is 23.3 Å². The van der Waals surface area contributed by atoms with Gasteiger partial charge in [-0.2, -0.15) is 5.26 Å². The molecule has 7 heteroatoms. The third-order valence-corrected chi connectivity index (χ3v) is 6.78. The number of carbonyl (C=O) groups is 1. The number of rotatable bonds is 7. The van der Waals surface area contributed by atoms with Gasteiger partial charge in [-0.3, -0.25) is 0 Å². The van der Waals surface area contributed by atoms with Crippen molar-refractivity contribution in [2.75, 3.05) is 0 Å². The lowest BCUT2D eigenvalue weighted by Crippen LogP contribution is -2.02. The Kier molecular flexibility index (Phi) is 7.60. The second-order valence-corrected chi connectivity index (χ2v) is 9.73. The quantitative estimate of drug-likeness (QED) is 0.221. The van der Waals surface area contributed by atoms with Crippen LogP contribution in [0.3, 0.4) is 0 Å². The SMILES string of the molecule is N#Cc1cccc(-c2ccc(C=Cc3nc(-c4ccc(Cl)cc4Cl)cn3Cc3ccc(C(=O)O)cc3)cc2)c1. The van der Waals surface area contributed by atoms with E-state index in [9.17, 15) is 15.2 Å². The largest absolute Gasteiger partial charge is 0.478 e. The summed E-state index contributed by atoms with van der Waals surface area (Å²) in [4.78, 5) is 16.1. The Morgan fingerprint density at radius 2 is 1.69 bits per heavy atom. The van der Waals surface area contributed by atoms with Gasteiger partial charge in [0.25, 0.3) is 0 Å². The molecule has 0 atom stereocenters. The predicted octanol–water partition coefficient (Wildman–Crippen LogP) is 8.31. The Labute approximate surface area is 235 Å². The van der Waals surface area contributed by atoms with Crippen molar-refractivity contribution in [2.24, 2.45) is 0 Å². The first kappa shape index (κ1) is 26.0. The van der Waals surface area contributed by atoms with Gasteiger partial charge in [0.1, 0.15) is 5.82 Å². The zero-order chi connectivity index (χ0) is 27.4. The number of nitrogens with zero attached hydrogens (tertiary/aromatic N) is 3. The van der Waals surface area contributed by atoms with Crippen LogP contribution in [0.25, 0.3) is 34.5 Å². The molecule has 0 saturated carbocycles. The van der Waals surface area contributed by atoms with E-state index in [0.717, 1.165) is 27.8 Å². The normalized spacial score (nSPS) is 11.0. The minimum atomic E-state index is -0.962. The molecule has 190 valence electrons. The lowest BCUT2D eigenvalue weighted by atomic mass is 10.0. The van der Waals surface area contributed by atoms with Crippen LogP contribution >= 0.6 is 23.2 Å². The number of hydrogen-bond acceptors (Lipinski definition) is 3. The van der Waals surface area contributed by atoms with E-state index in [1.54, 1.807) is 42.5 Å². The van der Waals surface area contributed by atoms with Gasteiger partial charge in [0.2, 0.25) is 0 Å². The highest BCUT2D eigenvalue weighted by Crippen LogP contribution is 2.30. The number of aromatic carboxylic acids is 1. The number of carboxylic acid groups (broad SMARTS) is 1. The van der Waals surface area contributed by atoms with Crippen LogP contribution in [-0.2, 0) is 6.54 Å². The van der Waals surface area contributed by atoms with Crippen LogP contribution < -0.4 is 0 Å². The van der Waals surface area contributed by atoms with Crippen molar-refractivity contribution in [1.29, 1.82) is 5.26 Å². The van der Waals surface area contributed by atoms with Crippen LogP contribution in [0.4, 0.5) is 0 Å². The molecule has 0 aliphatic heterocycles. The Morgan fingerprint density at radius 3 is 2.38 bits per heavy atom. The first-order valence-electron chi connectivity index (χ1n) is 12.0. The molecule has 0 spiro atoms. The third-order valence-electron chi connectivity index (χ3n) is 6.23. The van der Waals surface area contributed by atoms with Gasteiger partial charge < -0.3 is 9.67 Å². The summed E-state index contributed by atoms with van der Waals surface area (Å²) in [5.41, 5.74) is 6.25. The standard InChI is InChI=1S/C32H21Cl2N3O2/c33-27-13-14-28(29(34)17-27)30-20-37(19-22-6-11-25(12-7-22)32(38)39)31(36-30)15-8-21-4-9-24(10-5-21)26-3-1-2-23(16-26)18-35/h1-17,20H,19H2,(H,38,39). The molecule has 0 bridgehead atoms. The summed E-state index contributed by atoms with van der Waals surface area (Å²) < 4.78 is 1.99. The van der Waals surface area contributed by atoms with E-state index in [1.165, 1.54) is 0 Å². The summed E-state index contributed by atoms with van der Waals surface area (Å²) in [6.07, 6.45) is 5.84. The highest BCUT2D eigenvalue weighted by atomic mass is 35.5. The van der Waals surface area contributed by atoms with Gasteiger partial charge in [0.05, 0.1) is 27.9 Å². The van der Waals surface area contributed by atoms with Crippen molar-refractivity contribution in [3.63, 3.8) is 0 Å². The minimum absolute atomic E-state index is 0.237. The molecule has 39 heavy (non-hydrogen) atoms. The van der Waals surface area contributed by atoms with Gasteiger partial charge in [0.15, 0.2) is 0 Å². The molecule has 0 radical (unpaired) electrons. The third kappa shape index (κ3) is 6.10. The minimum Gasteiger partial charge on any atom is -0.478 e. The molecular weight excluding hydrogens is 529 g/mol.